The number of ether oxygens (including phenoxy) is 1. The van der Waals surface area contributed by atoms with Gasteiger partial charge in [0.2, 0.25) is 5.91 Å². The molecule has 3 aliphatic rings. The number of rotatable bonds is 6. The quantitative estimate of drug-likeness (QED) is 0.671. The van der Waals surface area contributed by atoms with E-state index in [0.717, 1.165) is 17.8 Å². The third-order valence-electron chi connectivity index (χ3n) is 5.77. The number of hydrogen-bond acceptors (Lipinski definition) is 6. The van der Waals surface area contributed by atoms with Crippen LogP contribution in [0.2, 0.25) is 0 Å². The Bertz CT molecular complexity index is 924. The molecule has 164 valence electrons. The molecule has 10 heteroatoms. The number of anilines is 2. The van der Waals surface area contributed by atoms with Crippen molar-refractivity contribution >= 4 is 40.6 Å². The standard InChI is InChI=1S/C21H24FN5O3S/c22-17-11-15(27-13-16(30-21(27)29)12-24-20(31)14-1-2-14)3-4-18(17)25-7-9-26(10-8-25)19(28)5-6-23/h3-4,11,14,16H,1-2,5,7-10,12-13H2,(H,24,31)/t16-/m0/s1. The molecule has 1 aromatic carbocycles. The molecule has 0 unspecified atom stereocenters. The molecule has 8 nitrogen and oxygen atoms in total. The van der Waals surface area contributed by atoms with Gasteiger partial charge in [0, 0.05) is 32.1 Å². The highest BCUT2D eigenvalue weighted by Crippen LogP contribution is 2.30. The zero-order chi connectivity index (χ0) is 22.0. The van der Waals surface area contributed by atoms with Gasteiger partial charge in [-0.1, -0.05) is 12.2 Å². The molecule has 31 heavy (non-hydrogen) atoms. The van der Waals surface area contributed by atoms with E-state index in [0.29, 0.717) is 56.6 Å². The fraction of sp³-hybridized carbons (Fsp3) is 0.524. The minimum Gasteiger partial charge on any atom is -0.442 e. The van der Waals surface area contributed by atoms with Crippen LogP contribution in [0.1, 0.15) is 19.3 Å². The van der Waals surface area contributed by atoms with Gasteiger partial charge in [-0.05, 0) is 31.0 Å². The Kier molecular flexibility index (Phi) is 6.23. The summed E-state index contributed by atoms with van der Waals surface area (Å²) in [4.78, 5) is 29.8. The largest absolute Gasteiger partial charge is 0.442 e. The number of thiocarbonyl (C=S) groups is 1. The molecular weight excluding hydrogens is 421 g/mol. The van der Waals surface area contributed by atoms with E-state index < -0.39 is 11.9 Å². The van der Waals surface area contributed by atoms with Gasteiger partial charge in [0.1, 0.15) is 18.3 Å². The summed E-state index contributed by atoms with van der Waals surface area (Å²) in [5, 5.41) is 11.8. The molecule has 1 N–H and O–H groups in total. The molecule has 3 fully saturated rings. The van der Waals surface area contributed by atoms with Crippen molar-refractivity contribution in [1.29, 1.82) is 5.26 Å². The zero-order valence-corrected chi connectivity index (χ0v) is 17.9. The van der Waals surface area contributed by atoms with Crippen molar-refractivity contribution in [2.75, 3.05) is 49.1 Å². The van der Waals surface area contributed by atoms with Gasteiger partial charge in [-0.15, -0.1) is 0 Å². The first-order chi connectivity index (χ1) is 15.0. The summed E-state index contributed by atoms with van der Waals surface area (Å²) in [6.07, 6.45) is 1.24. The van der Waals surface area contributed by atoms with Crippen molar-refractivity contribution in [1.82, 2.24) is 10.2 Å². The van der Waals surface area contributed by atoms with Gasteiger partial charge in [0.25, 0.3) is 0 Å². The predicted molar refractivity (Wildman–Crippen MR) is 116 cm³/mol. The van der Waals surface area contributed by atoms with Gasteiger partial charge >= 0.3 is 6.09 Å². The fourth-order valence-corrected chi connectivity index (χ4v) is 4.16. The number of benzene rings is 1. The lowest BCUT2D eigenvalue weighted by Gasteiger charge is -2.36. The van der Waals surface area contributed by atoms with Crippen molar-refractivity contribution in [2.45, 2.75) is 25.4 Å². The van der Waals surface area contributed by atoms with Crippen molar-refractivity contribution in [2.24, 2.45) is 5.92 Å². The van der Waals surface area contributed by atoms with Gasteiger partial charge in [0.05, 0.1) is 35.5 Å². The summed E-state index contributed by atoms with van der Waals surface area (Å²) < 4.78 is 20.3. The van der Waals surface area contributed by atoms with Crippen molar-refractivity contribution in [3.63, 3.8) is 0 Å². The molecule has 0 spiro atoms. The first kappa shape index (κ1) is 21.3. The Morgan fingerprint density at radius 1 is 1.29 bits per heavy atom. The highest BCUT2D eigenvalue weighted by Gasteiger charge is 2.34. The van der Waals surface area contributed by atoms with E-state index in [-0.39, 0.29) is 18.4 Å². The van der Waals surface area contributed by atoms with Crippen LogP contribution < -0.4 is 15.1 Å². The summed E-state index contributed by atoms with van der Waals surface area (Å²) >= 11 is 5.30. The number of carbonyl (C=O) groups excluding carboxylic acids is 2. The van der Waals surface area contributed by atoms with Crippen molar-refractivity contribution in [3.05, 3.63) is 24.0 Å². The SMILES string of the molecule is N#CCC(=O)N1CCN(c2ccc(N3C[C@H](CNC(=S)C4CC4)OC3=O)cc2F)CC1. The maximum absolute atomic E-state index is 14.9. The topological polar surface area (TPSA) is 88.9 Å². The Labute approximate surface area is 185 Å². The van der Waals surface area contributed by atoms with E-state index in [9.17, 15) is 14.0 Å². The average Bonchev–Trinajstić information content (AvgIpc) is 3.55. The molecule has 2 aliphatic heterocycles. The Morgan fingerprint density at radius 3 is 2.68 bits per heavy atom. The number of amides is 2. The number of carbonyl (C=O) groups is 2. The van der Waals surface area contributed by atoms with E-state index in [2.05, 4.69) is 5.32 Å². The van der Waals surface area contributed by atoms with E-state index in [1.54, 1.807) is 17.0 Å². The molecule has 1 atom stereocenters. The van der Waals surface area contributed by atoms with Gasteiger partial charge in [0.15, 0.2) is 0 Å². The first-order valence-corrected chi connectivity index (χ1v) is 10.8. The second-order valence-corrected chi connectivity index (χ2v) is 8.41. The lowest BCUT2D eigenvalue weighted by atomic mass is 10.2. The molecule has 2 amide bonds. The second kappa shape index (κ2) is 9.06. The fourth-order valence-electron chi connectivity index (χ4n) is 3.84. The zero-order valence-electron chi connectivity index (χ0n) is 17.1. The normalized spacial score (nSPS) is 21.0. The molecule has 1 aliphatic carbocycles. The molecule has 2 saturated heterocycles. The van der Waals surface area contributed by atoms with Gasteiger partial charge in [-0.3, -0.25) is 9.69 Å². The Morgan fingerprint density at radius 2 is 2.03 bits per heavy atom. The average molecular weight is 446 g/mol. The predicted octanol–water partition coefficient (Wildman–Crippen LogP) is 2.04. The molecular formula is C21H24FN5O3S. The third-order valence-corrected chi connectivity index (χ3v) is 6.25. The van der Waals surface area contributed by atoms with Crippen LogP contribution in [0.25, 0.3) is 0 Å². The molecule has 1 aromatic rings. The number of nitriles is 1. The minimum atomic E-state index is -0.499. The van der Waals surface area contributed by atoms with Gasteiger partial charge < -0.3 is 19.9 Å². The van der Waals surface area contributed by atoms with E-state index in [1.165, 1.54) is 11.0 Å². The van der Waals surface area contributed by atoms with E-state index in [4.69, 9.17) is 22.2 Å². The monoisotopic (exact) mass is 445 g/mol. The van der Waals surface area contributed by atoms with Crippen LogP contribution in [0, 0.1) is 23.1 Å². The molecule has 1 saturated carbocycles. The summed E-state index contributed by atoms with van der Waals surface area (Å²) in [7, 11) is 0. The number of nitrogens with zero attached hydrogens (tertiary/aromatic N) is 4. The van der Waals surface area contributed by atoms with Crippen molar-refractivity contribution in [3.8, 4) is 6.07 Å². The third kappa shape index (κ3) is 4.88. The number of halogens is 1. The summed E-state index contributed by atoms with van der Waals surface area (Å²) in [6.45, 7) is 2.63. The lowest BCUT2D eigenvalue weighted by Crippen LogP contribution is -2.49. The van der Waals surface area contributed by atoms with Gasteiger partial charge in [-0.2, -0.15) is 5.26 Å². The highest BCUT2D eigenvalue weighted by molar-refractivity contribution is 7.80. The van der Waals surface area contributed by atoms with Crippen LogP contribution >= 0.6 is 12.2 Å². The maximum Gasteiger partial charge on any atom is 0.414 e. The molecule has 0 radical (unpaired) electrons. The van der Waals surface area contributed by atoms with E-state index >= 15 is 0 Å². The van der Waals surface area contributed by atoms with Gasteiger partial charge in [-0.25, -0.2) is 9.18 Å². The molecule has 2 heterocycles. The maximum atomic E-state index is 14.9. The van der Waals surface area contributed by atoms with Crippen LogP contribution in [-0.4, -0.2) is 67.3 Å². The summed E-state index contributed by atoms with van der Waals surface area (Å²) in [6, 6.07) is 6.56. The van der Waals surface area contributed by atoms with Crippen LogP contribution in [-0.2, 0) is 9.53 Å². The number of piperazine rings is 1. The number of hydrogen-bond donors (Lipinski definition) is 1. The number of nitrogens with one attached hydrogen (secondary N) is 1. The smallest absolute Gasteiger partial charge is 0.414 e. The summed E-state index contributed by atoms with van der Waals surface area (Å²) in [5.41, 5.74) is 0.873. The molecule has 0 aromatic heterocycles. The Balaban J connectivity index is 1.34. The van der Waals surface area contributed by atoms with E-state index in [1.807, 2.05) is 11.0 Å². The van der Waals surface area contributed by atoms with Crippen LogP contribution in [0.4, 0.5) is 20.6 Å². The highest BCUT2D eigenvalue weighted by atomic mass is 32.1. The minimum absolute atomic E-state index is 0.141. The summed E-state index contributed by atoms with van der Waals surface area (Å²) in [5.74, 6) is -0.178. The van der Waals surface area contributed by atoms with Crippen LogP contribution in [0.15, 0.2) is 18.2 Å². The van der Waals surface area contributed by atoms with Crippen LogP contribution in [0.5, 0.6) is 0 Å². The van der Waals surface area contributed by atoms with Crippen LogP contribution in [0.3, 0.4) is 0 Å². The molecule has 4 rings (SSSR count). The second-order valence-electron chi connectivity index (χ2n) is 7.97. The molecule has 0 bridgehead atoms. The Hall–Kier alpha value is -2.93. The lowest BCUT2D eigenvalue weighted by molar-refractivity contribution is -0.130. The first-order valence-electron chi connectivity index (χ1n) is 10.4. The van der Waals surface area contributed by atoms with Crippen molar-refractivity contribution < 1.29 is 18.7 Å². The number of cyclic esters (lactones) is 1.